The van der Waals surface area contributed by atoms with Gasteiger partial charge in [-0.2, -0.15) is 0 Å². The van der Waals surface area contributed by atoms with Crippen LogP contribution < -0.4 is 10.1 Å². The number of anilines is 1. The summed E-state index contributed by atoms with van der Waals surface area (Å²) in [6, 6.07) is 11.3. The zero-order valence-corrected chi connectivity index (χ0v) is 12.8. The molecule has 0 fully saturated rings. The first-order valence-corrected chi connectivity index (χ1v) is 7.59. The van der Waals surface area contributed by atoms with E-state index < -0.39 is 0 Å². The van der Waals surface area contributed by atoms with Crippen LogP contribution in [0.25, 0.3) is 17.0 Å². The van der Waals surface area contributed by atoms with Crippen LogP contribution in [0.2, 0.25) is 0 Å². The lowest BCUT2D eigenvalue weighted by atomic mass is 10.1. The molecule has 22 heavy (non-hydrogen) atoms. The number of nitrogens with zero attached hydrogens (tertiary/aromatic N) is 1. The number of hydrogen-bond acceptors (Lipinski definition) is 4. The smallest absolute Gasteiger partial charge is 0.248 e. The molecule has 0 atom stereocenters. The number of pyridine rings is 1. The number of fused-ring (bicyclic) bond motifs is 1. The number of nitrogens with one attached hydrogen (secondary N) is 1. The maximum Gasteiger partial charge on any atom is 0.248 e. The standard InChI is InChI=1S/C17H14N2O2S/c1-21-12-4-6-15-14(11-12)16(8-9-18-15)19-17(20)7-5-13-3-2-10-22-13/h2-11H,1H3,(H,18,19,20)/b7-5+. The molecule has 1 N–H and O–H groups in total. The van der Waals surface area contributed by atoms with Gasteiger partial charge in [-0.15, -0.1) is 11.3 Å². The molecule has 1 amide bonds. The van der Waals surface area contributed by atoms with Crippen LogP contribution in [0.5, 0.6) is 5.75 Å². The molecule has 1 aromatic carbocycles. The van der Waals surface area contributed by atoms with Crippen molar-refractivity contribution in [1.29, 1.82) is 0 Å². The van der Waals surface area contributed by atoms with Gasteiger partial charge in [-0.25, -0.2) is 0 Å². The van der Waals surface area contributed by atoms with E-state index in [4.69, 9.17) is 4.74 Å². The Morgan fingerprint density at radius 3 is 3.00 bits per heavy atom. The lowest BCUT2D eigenvalue weighted by Gasteiger charge is -2.08. The van der Waals surface area contributed by atoms with Crippen LogP contribution in [0.15, 0.2) is 54.1 Å². The summed E-state index contributed by atoms with van der Waals surface area (Å²) in [6.07, 6.45) is 5.00. The van der Waals surface area contributed by atoms with Gasteiger partial charge in [0.2, 0.25) is 5.91 Å². The van der Waals surface area contributed by atoms with Gasteiger partial charge in [-0.1, -0.05) is 6.07 Å². The van der Waals surface area contributed by atoms with Crippen molar-refractivity contribution >= 4 is 39.9 Å². The van der Waals surface area contributed by atoms with E-state index in [1.807, 2.05) is 35.7 Å². The fourth-order valence-electron chi connectivity index (χ4n) is 2.08. The van der Waals surface area contributed by atoms with Crippen molar-refractivity contribution in [1.82, 2.24) is 4.98 Å². The largest absolute Gasteiger partial charge is 0.497 e. The Kier molecular flexibility index (Phi) is 4.16. The van der Waals surface area contributed by atoms with Gasteiger partial charge in [0.25, 0.3) is 0 Å². The van der Waals surface area contributed by atoms with Gasteiger partial charge in [0, 0.05) is 22.5 Å². The van der Waals surface area contributed by atoms with Crippen LogP contribution in [-0.4, -0.2) is 18.0 Å². The zero-order chi connectivity index (χ0) is 15.4. The Bertz CT molecular complexity index is 826. The Morgan fingerprint density at radius 1 is 1.32 bits per heavy atom. The highest BCUT2D eigenvalue weighted by Gasteiger charge is 2.06. The van der Waals surface area contributed by atoms with Crippen LogP contribution in [0.3, 0.4) is 0 Å². The van der Waals surface area contributed by atoms with Gasteiger partial charge in [0.15, 0.2) is 0 Å². The molecule has 110 valence electrons. The highest BCUT2D eigenvalue weighted by Crippen LogP contribution is 2.25. The van der Waals surface area contributed by atoms with E-state index in [0.717, 1.165) is 21.5 Å². The van der Waals surface area contributed by atoms with Crippen molar-refractivity contribution in [3.8, 4) is 5.75 Å². The maximum atomic E-state index is 12.1. The Morgan fingerprint density at radius 2 is 2.23 bits per heavy atom. The van der Waals surface area contributed by atoms with Gasteiger partial charge in [-0.05, 0) is 41.8 Å². The van der Waals surface area contributed by atoms with Gasteiger partial charge in [-0.3, -0.25) is 9.78 Å². The lowest BCUT2D eigenvalue weighted by Crippen LogP contribution is -2.08. The Labute approximate surface area is 132 Å². The number of amides is 1. The molecule has 5 heteroatoms. The lowest BCUT2D eigenvalue weighted by molar-refractivity contribution is -0.111. The molecule has 0 saturated carbocycles. The summed E-state index contributed by atoms with van der Waals surface area (Å²) in [5, 5.41) is 5.70. The predicted molar refractivity (Wildman–Crippen MR) is 90.3 cm³/mol. The summed E-state index contributed by atoms with van der Waals surface area (Å²) >= 11 is 1.59. The monoisotopic (exact) mass is 310 g/mol. The van der Waals surface area contributed by atoms with Crippen LogP contribution in [-0.2, 0) is 4.79 Å². The second kappa shape index (κ2) is 6.41. The molecule has 0 aliphatic carbocycles. The van der Waals surface area contributed by atoms with Gasteiger partial charge in [0.1, 0.15) is 5.75 Å². The minimum absolute atomic E-state index is 0.177. The maximum absolute atomic E-state index is 12.1. The SMILES string of the molecule is COc1ccc2nccc(NC(=O)/C=C/c3cccs3)c2c1. The predicted octanol–water partition coefficient (Wildman–Crippen LogP) is 3.96. The first kappa shape index (κ1) is 14.3. The van der Waals surface area contributed by atoms with Crippen molar-refractivity contribution in [2.24, 2.45) is 0 Å². The highest BCUT2D eigenvalue weighted by atomic mass is 32.1. The van der Waals surface area contributed by atoms with Gasteiger partial charge < -0.3 is 10.1 Å². The first-order valence-electron chi connectivity index (χ1n) is 6.71. The molecule has 0 bridgehead atoms. The van der Waals surface area contributed by atoms with E-state index in [9.17, 15) is 4.79 Å². The number of thiophene rings is 1. The molecule has 3 rings (SSSR count). The zero-order valence-electron chi connectivity index (χ0n) is 11.9. The van der Waals surface area contributed by atoms with Crippen LogP contribution >= 0.6 is 11.3 Å². The molecule has 3 aromatic rings. The molecule has 2 aromatic heterocycles. The number of hydrogen-bond donors (Lipinski definition) is 1. The molecule has 2 heterocycles. The average molecular weight is 310 g/mol. The van der Waals surface area contributed by atoms with E-state index in [2.05, 4.69) is 10.3 Å². The third kappa shape index (κ3) is 3.15. The topological polar surface area (TPSA) is 51.2 Å². The minimum Gasteiger partial charge on any atom is -0.497 e. The molecule has 4 nitrogen and oxygen atoms in total. The molecular weight excluding hydrogens is 296 g/mol. The van der Waals surface area contributed by atoms with Crippen LogP contribution in [0, 0.1) is 0 Å². The fourth-order valence-corrected chi connectivity index (χ4v) is 2.70. The number of aromatic nitrogens is 1. The number of ether oxygens (including phenoxy) is 1. The summed E-state index contributed by atoms with van der Waals surface area (Å²) < 4.78 is 5.23. The van der Waals surface area contributed by atoms with Crippen molar-refractivity contribution < 1.29 is 9.53 Å². The van der Waals surface area contributed by atoms with Crippen molar-refractivity contribution in [2.75, 3.05) is 12.4 Å². The summed E-state index contributed by atoms with van der Waals surface area (Å²) in [7, 11) is 1.61. The van der Waals surface area contributed by atoms with E-state index in [-0.39, 0.29) is 5.91 Å². The summed E-state index contributed by atoms with van der Waals surface area (Å²) in [5.74, 6) is 0.550. The minimum atomic E-state index is -0.177. The van der Waals surface area contributed by atoms with Crippen molar-refractivity contribution in [3.05, 3.63) is 58.9 Å². The first-order chi connectivity index (χ1) is 10.8. The molecular formula is C17H14N2O2S. The second-order valence-corrected chi connectivity index (χ2v) is 5.56. The third-order valence-electron chi connectivity index (χ3n) is 3.15. The number of carbonyl (C=O) groups is 1. The average Bonchev–Trinajstić information content (AvgIpc) is 3.06. The number of methoxy groups -OCH3 is 1. The van der Waals surface area contributed by atoms with E-state index in [0.29, 0.717) is 5.69 Å². The normalized spacial score (nSPS) is 11.0. The van der Waals surface area contributed by atoms with Crippen LogP contribution in [0.1, 0.15) is 4.88 Å². The fraction of sp³-hybridized carbons (Fsp3) is 0.0588. The molecule has 0 spiro atoms. The summed E-state index contributed by atoms with van der Waals surface area (Å²) in [6.45, 7) is 0. The number of benzene rings is 1. The van der Waals surface area contributed by atoms with E-state index >= 15 is 0 Å². The van der Waals surface area contributed by atoms with E-state index in [1.165, 1.54) is 6.08 Å². The third-order valence-corrected chi connectivity index (χ3v) is 3.99. The van der Waals surface area contributed by atoms with Gasteiger partial charge >= 0.3 is 0 Å². The number of carbonyl (C=O) groups excluding carboxylic acids is 1. The van der Waals surface area contributed by atoms with Crippen molar-refractivity contribution in [3.63, 3.8) is 0 Å². The molecule has 0 aliphatic rings. The molecule has 0 aliphatic heterocycles. The summed E-state index contributed by atoms with van der Waals surface area (Å²) in [5.41, 5.74) is 1.52. The summed E-state index contributed by atoms with van der Waals surface area (Å²) in [4.78, 5) is 17.4. The Hall–Kier alpha value is -2.66. The van der Waals surface area contributed by atoms with Gasteiger partial charge in [0.05, 0.1) is 18.3 Å². The van der Waals surface area contributed by atoms with Crippen LogP contribution in [0.4, 0.5) is 5.69 Å². The highest BCUT2D eigenvalue weighted by molar-refractivity contribution is 7.10. The molecule has 0 unspecified atom stereocenters. The Balaban J connectivity index is 1.85. The molecule has 0 saturated heterocycles. The quantitative estimate of drug-likeness (QED) is 0.742. The second-order valence-electron chi connectivity index (χ2n) is 4.58. The van der Waals surface area contributed by atoms with Crippen molar-refractivity contribution in [2.45, 2.75) is 0 Å². The molecule has 0 radical (unpaired) electrons. The van der Waals surface area contributed by atoms with E-state index in [1.54, 1.807) is 36.8 Å². The number of rotatable bonds is 4.